The van der Waals surface area contributed by atoms with Crippen LogP contribution in [0.2, 0.25) is 0 Å². The summed E-state index contributed by atoms with van der Waals surface area (Å²) in [5, 5.41) is 19.8. The molecule has 2 heterocycles. The minimum Gasteiger partial charge on any atom is -0.505 e. The Morgan fingerprint density at radius 2 is 1.91 bits per heavy atom. The van der Waals surface area contributed by atoms with Crippen LogP contribution in [-0.2, 0) is 22.4 Å². The third-order valence-electron chi connectivity index (χ3n) is 5.59. The molecule has 2 aliphatic rings. The molecule has 0 radical (unpaired) electrons. The monoisotopic (exact) mass is 465 g/mol. The number of carbonyl (C=O) groups is 3. The lowest BCUT2D eigenvalue weighted by Crippen LogP contribution is -2.30. The summed E-state index contributed by atoms with van der Waals surface area (Å²) in [5.74, 6) is -2.94. The van der Waals surface area contributed by atoms with Crippen molar-refractivity contribution in [2.24, 2.45) is 5.73 Å². The highest BCUT2D eigenvalue weighted by atomic mass is 32.1. The fourth-order valence-corrected chi connectivity index (χ4v) is 5.48. The average molecular weight is 466 g/mol. The number of ketones is 1. The van der Waals surface area contributed by atoms with E-state index >= 15 is 0 Å². The number of aliphatic hydroxyl groups excluding tert-OH is 1. The van der Waals surface area contributed by atoms with Crippen LogP contribution >= 0.6 is 11.3 Å². The van der Waals surface area contributed by atoms with Crippen LogP contribution in [0, 0.1) is 5.41 Å². The molecule has 170 valence electrons. The van der Waals surface area contributed by atoms with Crippen molar-refractivity contribution in [3.8, 4) is 0 Å². The van der Waals surface area contributed by atoms with E-state index in [1.54, 1.807) is 37.3 Å². The largest absolute Gasteiger partial charge is 0.505 e. The van der Waals surface area contributed by atoms with Crippen LogP contribution in [0.15, 0.2) is 53.4 Å². The lowest BCUT2D eigenvalue weighted by molar-refractivity contribution is -0.114. The molecule has 1 aliphatic carbocycles. The summed E-state index contributed by atoms with van der Waals surface area (Å²) in [7, 11) is 0. The highest BCUT2D eigenvalue weighted by molar-refractivity contribution is 7.17. The van der Waals surface area contributed by atoms with Crippen molar-refractivity contribution in [3.05, 3.63) is 75.0 Å². The number of amidine groups is 1. The molecule has 0 fully saturated rings. The fraction of sp³-hybridized carbons (Fsp3) is 0.250. The van der Waals surface area contributed by atoms with E-state index < -0.39 is 34.8 Å². The first-order valence-corrected chi connectivity index (χ1v) is 11.4. The zero-order valence-corrected chi connectivity index (χ0v) is 18.8. The van der Waals surface area contributed by atoms with E-state index in [2.05, 4.69) is 0 Å². The maximum absolute atomic E-state index is 12.9. The molecular formula is C24H23N3O5S. The molecule has 4 rings (SSSR count). The Balaban J connectivity index is 1.90. The topological polar surface area (TPSA) is 134 Å². The number of rotatable bonds is 6. The van der Waals surface area contributed by atoms with Gasteiger partial charge in [0.05, 0.1) is 17.9 Å². The first-order valence-electron chi connectivity index (χ1n) is 10.6. The smallest absolute Gasteiger partial charge is 0.341 e. The number of thiophene rings is 1. The van der Waals surface area contributed by atoms with Crippen molar-refractivity contribution in [2.75, 3.05) is 11.5 Å². The third-order valence-corrected chi connectivity index (χ3v) is 6.87. The molecule has 1 aromatic carbocycles. The molecular weight excluding hydrogens is 442 g/mol. The van der Waals surface area contributed by atoms with Crippen LogP contribution in [0.5, 0.6) is 0 Å². The third kappa shape index (κ3) is 3.95. The molecule has 0 bridgehead atoms. The van der Waals surface area contributed by atoms with Crippen molar-refractivity contribution >= 4 is 39.8 Å². The van der Waals surface area contributed by atoms with Gasteiger partial charge in [0.1, 0.15) is 16.4 Å². The minimum atomic E-state index is -1.00. The number of anilines is 1. The second-order valence-electron chi connectivity index (χ2n) is 7.64. The van der Waals surface area contributed by atoms with Crippen molar-refractivity contribution in [3.63, 3.8) is 0 Å². The summed E-state index contributed by atoms with van der Waals surface area (Å²) >= 11 is 1.30. The number of nitrogens with one attached hydrogen (secondary N) is 1. The van der Waals surface area contributed by atoms with E-state index in [1.807, 2.05) is 0 Å². The van der Waals surface area contributed by atoms with Gasteiger partial charge in [-0.3, -0.25) is 19.9 Å². The summed E-state index contributed by atoms with van der Waals surface area (Å²) in [6.07, 6.45) is 4.50. The predicted molar refractivity (Wildman–Crippen MR) is 125 cm³/mol. The van der Waals surface area contributed by atoms with Crippen LogP contribution in [-0.4, -0.2) is 35.2 Å². The molecule has 1 amide bonds. The van der Waals surface area contributed by atoms with Gasteiger partial charge in [-0.15, -0.1) is 11.3 Å². The number of primary amides is 1. The van der Waals surface area contributed by atoms with Crippen LogP contribution in [0.25, 0.3) is 0 Å². The number of aliphatic hydroxyl groups is 1. The molecule has 0 spiro atoms. The van der Waals surface area contributed by atoms with E-state index in [4.69, 9.17) is 15.9 Å². The van der Waals surface area contributed by atoms with Gasteiger partial charge >= 0.3 is 5.97 Å². The van der Waals surface area contributed by atoms with Gasteiger partial charge in [-0.25, -0.2) is 4.79 Å². The first-order chi connectivity index (χ1) is 15.8. The summed E-state index contributed by atoms with van der Waals surface area (Å²) in [6.45, 7) is 1.88. The lowest BCUT2D eigenvalue weighted by atomic mass is 9.95. The van der Waals surface area contributed by atoms with Crippen LogP contribution in [0.4, 0.5) is 5.00 Å². The highest BCUT2D eigenvalue weighted by Crippen LogP contribution is 2.45. The van der Waals surface area contributed by atoms with Gasteiger partial charge in [-0.05, 0) is 38.2 Å². The van der Waals surface area contributed by atoms with E-state index in [-0.39, 0.29) is 12.3 Å². The zero-order chi connectivity index (χ0) is 23.7. The number of benzene rings is 1. The minimum absolute atomic E-state index is 0.0770. The Kier molecular flexibility index (Phi) is 6.15. The average Bonchev–Trinajstić information content (AvgIpc) is 3.29. The molecule has 1 aromatic heterocycles. The SMILES string of the molecule is CCOC(=O)c1c(N2C(=N)C(C(N)=O)=C(O)/C2=C\C(=O)c2ccccc2)sc2c1CCCC2. The first kappa shape index (κ1) is 22.5. The van der Waals surface area contributed by atoms with Gasteiger partial charge in [-0.1, -0.05) is 30.3 Å². The number of ether oxygens (including phenoxy) is 1. The Morgan fingerprint density at radius 3 is 2.58 bits per heavy atom. The molecule has 1 aliphatic heterocycles. The van der Waals surface area contributed by atoms with Crippen LogP contribution < -0.4 is 10.6 Å². The fourth-order valence-electron chi connectivity index (χ4n) is 4.09. The summed E-state index contributed by atoms with van der Waals surface area (Å²) in [4.78, 5) is 40.2. The van der Waals surface area contributed by atoms with E-state index in [0.717, 1.165) is 35.8 Å². The summed E-state index contributed by atoms with van der Waals surface area (Å²) < 4.78 is 5.29. The number of aryl methyl sites for hydroxylation is 1. The standard InChI is InChI=1S/C24H23N3O5S/c1-2-32-24(31)18-14-10-6-7-11-17(14)33-23(18)27-15(20(29)19(21(27)25)22(26)30)12-16(28)13-8-4-3-5-9-13/h3-5,8-9,12,25,29H,2,6-7,10-11H2,1H3,(H2,26,30)/b15-12+,25-21?. The maximum atomic E-state index is 12.9. The number of nitrogens with two attached hydrogens (primary N) is 1. The van der Waals surface area contributed by atoms with Gasteiger partial charge in [-0.2, -0.15) is 0 Å². The van der Waals surface area contributed by atoms with E-state index in [0.29, 0.717) is 22.5 Å². The number of carbonyl (C=O) groups excluding carboxylic acids is 3. The highest BCUT2D eigenvalue weighted by Gasteiger charge is 2.41. The number of amides is 1. The zero-order valence-electron chi connectivity index (χ0n) is 18.0. The Morgan fingerprint density at radius 1 is 1.21 bits per heavy atom. The molecule has 33 heavy (non-hydrogen) atoms. The normalized spacial score (nSPS) is 16.8. The molecule has 4 N–H and O–H groups in total. The second kappa shape index (κ2) is 9.03. The van der Waals surface area contributed by atoms with Gasteiger partial charge in [0.2, 0.25) is 0 Å². The molecule has 0 saturated heterocycles. The summed E-state index contributed by atoms with van der Waals surface area (Å²) in [6, 6.07) is 8.42. The van der Waals surface area contributed by atoms with Gasteiger partial charge < -0.3 is 15.6 Å². The van der Waals surface area contributed by atoms with E-state index in [9.17, 15) is 19.5 Å². The Bertz CT molecular complexity index is 1230. The van der Waals surface area contributed by atoms with Gasteiger partial charge in [0, 0.05) is 16.5 Å². The molecule has 0 atom stereocenters. The van der Waals surface area contributed by atoms with Gasteiger partial charge in [0.15, 0.2) is 11.5 Å². The maximum Gasteiger partial charge on any atom is 0.341 e. The van der Waals surface area contributed by atoms with Crippen molar-refractivity contribution < 1.29 is 24.2 Å². The van der Waals surface area contributed by atoms with E-state index in [1.165, 1.54) is 16.2 Å². The van der Waals surface area contributed by atoms with Crippen molar-refractivity contribution in [1.29, 1.82) is 5.41 Å². The lowest BCUT2D eigenvalue weighted by Gasteiger charge is -2.20. The number of nitrogens with zero attached hydrogens (tertiary/aromatic N) is 1. The second-order valence-corrected chi connectivity index (χ2v) is 8.73. The molecule has 0 saturated carbocycles. The molecule has 0 unspecified atom stereocenters. The van der Waals surface area contributed by atoms with Gasteiger partial charge in [0.25, 0.3) is 5.91 Å². The number of hydrogen-bond acceptors (Lipinski definition) is 7. The van der Waals surface area contributed by atoms with Crippen LogP contribution in [0.1, 0.15) is 50.9 Å². The number of hydrogen-bond donors (Lipinski definition) is 3. The van der Waals surface area contributed by atoms with Crippen molar-refractivity contribution in [2.45, 2.75) is 32.6 Å². The Hall–Kier alpha value is -3.72. The molecule has 2 aromatic rings. The quantitative estimate of drug-likeness (QED) is 0.339. The number of fused-ring (bicyclic) bond motifs is 1. The number of allylic oxidation sites excluding steroid dienone is 1. The van der Waals surface area contributed by atoms with Crippen molar-refractivity contribution in [1.82, 2.24) is 0 Å². The molecule has 8 nitrogen and oxygen atoms in total. The number of esters is 1. The predicted octanol–water partition coefficient (Wildman–Crippen LogP) is 3.67. The summed E-state index contributed by atoms with van der Waals surface area (Å²) in [5.41, 5.74) is 6.48. The Labute approximate surface area is 194 Å². The van der Waals surface area contributed by atoms with Crippen LogP contribution in [0.3, 0.4) is 0 Å². The molecule has 9 heteroatoms.